The van der Waals surface area contributed by atoms with E-state index in [9.17, 15) is 18.0 Å². The van der Waals surface area contributed by atoms with E-state index in [1.165, 1.54) is 6.07 Å². The van der Waals surface area contributed by atoms with Crippen molar-refractivity contribution in [2.24, 2.45) is 0 Å². The Morgan fingerprint density at radius 2 is 2.00 bits per heavy atom. The quantitative estimate of drug-likeness (QED) is 0.768. The fourth-order valence-corrected chi connectivity index (χ4v) is 1.30. The third-order valence-corrected chi connectivity index (χ3v) is 2.27. The second kappa shape index (κ2) is 5.72. The number of halogens is 3. The molecule has 0 aromatic heterocycles. The van der Waals surface area contributed by atoms with E-state index in [1.807, 2.05) is 5.32 Å². The minimum absolute atomic E-state index is 0.217. The molecule has 18 heavy (non-hydrogen) atoms. The molecule has 1 amide bonds. The molecule has 0 heterocycles. The molecule has 1 atom stereocenters. The van der Waals surface area contributed by atoms with Gasteiger partial charge in [-0.1, -0.05) is 12.1 Å². The molecule has 7 heteroatoms. The molecule has 1 aromatic rings. The topological polar surface area (TPSA) is 61.4 Å². The molecule has 0 radical (unpaired) electrons. The third-order valence-electron chi connectivity index (χ3n) is 2.27. The molecule has 0 fully saturated rings. The minimum atomic E-state index is -4.74. The van der Waals surface area contributed by atoms with Crippen LogP contribution in [0.2, 0.25) is 0 Å². The van der Waals surface area contributed by atoms with Crippen molar-refractivity contribution in [1.29, 1.82) is 0 Å². The number of hydrogen-bond donors (Lipinski definition) is 3. The molecule has 0 spiro atoms. The Bertz CT molecular complexity index is 421. The zero-order chi connectivity index (χ0) is 13.8. The molecule has 0 aliphatic rings. The minimum Gasteiger partial charge on any atom is -0.387 e. The summed E-state index contributed by atoms with van der Waals surface area (Å²) in [5.74, 6) is -0.678. The second-order valence-corrected chi connectivity index (χ2v) is 3.56. The van der Waals surface area contributed by atoms with E-state index in [1.54, 1.807) is 25.2 Å². The average molecular weight is 262 g/mol. The molecule has 0 saturated heterocycles. The number of aliphatic hydroxyl groups excluding tert-OH is 1. The van der Waals surface area contributed by atoms with Gasteiger partial charge in [-0.25, -0.2) is 0 Å². The summed E-state index contributed by atoms with van der Waals surface area (Å²) in [4.78, 5) is 11.6. The number of benzene rings is 1. The first-order valence-electron chi connectivity index (χ1n) is 5.16. The number of para-hydroxylation sites is 1. The summed E-state index contributed by atoms with van der Waals surface area (Å²) in [5.41, 5.74) is 0.714. The molecule has 3 N–H and O–H groups in total. The van der Waals surface area contributed by atoms with Gasteiger partial charge in [-0.3, -0.25) is 4.79 Å². The summed E-state index contributed by atoms with van der Waals surface area (Å²) in [5, 5.41) is 13.5. The highest BCUT2D eigenvalue weighted by Gasteiger charge is 2.38. The van der Waals surface area contributed by atoms with E-state index < -0.39 is 24.7 Å². The summed E-state index contributed by atoms with van der Waals surface area (Å²) in [6, 6.07) is 6.37. The SMILES string of the molecule is CNc1ccccc1C(=O)NCC(O)C(F)(F)F. The molecule has 0 bridgehead atoms. The summed E-state index contributed by atoms with van der Waals surface area (Å²) >= 11 is 0. The van der Waals surface area contributed by atoms with Gasteiger partial charge in [0.25, 0.3) is 5.91 Å². The molecule has 1 aromatic carbocycles. The van der Waals surface area contributed by atoms with Crippen molar-refractivity contribution >= 4 is 11.6 Å². The van der Waals surface area contributed by atoms with Crippen LogP contribution in [-0.4, -0.2) is 36.9 Å². The Morgan fingerprint density at radius 1 is 1.39 bits per heavy atom. The number of alkyl halides is 3. The zero-order valence-electron chi connectivity index (χ0n) is 9.58. The van der Waals surface area contributed by atoms with E-state index in [4.69, 9.17) is 5.11 Å². The molecule has 0 saturated carbocycles. The fraction of sp³-hybridized carbons (Fsp3) is 0.364. The summed E-state index contributed by atoms with van der Waals surface area (Å²) < 4.78 is 36.1. The lowest BCUT2D eigenvalue weighted by Gasteiger charge is -2.15. The van der Waals surface area contributed by atoms with E-state index in [2.05, 4.69) is 5.32 Å². The van der Waals surface area contributed by atoms with Crippen LogP contribution in [-0.2, 0) is 0 Å². The Morgan fingerprint density at radius 3 is 2.56 bits per heavy atom. The fourth-order valence-electron chi connectivity index (χ4n) is 1.30. The first kappa shape index (κ1) is 14.3. The van der Waals surface area contributed by atoms with E-state index in [-0.39, 0.29) is 5.56 Å². The van der Waals surface area contributed by atoms with Gasteiger partial charge in [-0.15, -0.1) is 0 Å². The molecular weight excluding hydrogens is 249 g/mol. The van der Waals surface area contributed by atoms with Crippen LogP contribution in [0.5, 0.6) is 0 Å². The van der Waals surface area contributed by atoms with E-state index in [0.29, 0.717) is 5.69 Å². The Labute approximate surface area is 102 Å². The van der Waals surface area contributed by atoms with E-state index >= 15 is 0 Å². The largest absolute Gasteiger partial charge is 0.416 e. The van der Waals surface area contributed by atoms with Crippen LogP contribution in [0.15, 0.2) is 24.3 Å². The lowest BCUT2D eigenvalue weighted by molar-refractivity contribution is -0.201. The van der Waals surface area contributed by atoms with Crippen LogP contribution < -0.4 is 10.6 Å². The van der Waals surface area contributed by atoms with Gasteiger partial charge in [0.15, 0.2) is 6.10 Å². The number of rotatable bonds is 4. The van der Waals surface area contributed by atoms with Gasteiger partial charge in [-0.05, 0) is 12.1 Å². The van der Waals surface area contributed by atoms with Crippen LogP contribution in [0.3, 0.4) is 0 Å². The lowest BCUT2D eigenvalue weighted by Crippen LogP contribution is -2.40. The maximum Gasteiger partial charge on any atom is 0.416 e. The predicted molar refractivity (Wildman–Crippen MR) is 60.4 cm³/mol. The van der Waals surface area contributed by atoms with Crippen molar-refractivity contribution in [3.63, 3.8) is 0 Å². The van der Waals surface area contributed by atoms with Crippen LogP contribution in [0.1, 0.15) is 10.4 Å². The highest BCUT2D eigenvalue weighted by Crippen LogP contribution is 2.19. The summed E-state index contributed by atoms with van der Waals surface area (Å²) in [6.45, 7) is -0.875. The number of carbonyl (C=O) groups is 1. The van der Waals surface area contributed by atoms with Gasteiger partial charge in [-0.2, -0.15) is 13.2 Å². The Hall–Kier alpha value is -1.76. The number of anilines is 1. The molecule has 0 aliphatic heterocycles. The van der Waals surface area contributed by atoms with Gasteiger partial charge >= 0.3 is 6.18 Å². The van der Waals surface area contributed by atoms with Crippen molar-refractivity contribution in [3.8, 4) is 0 Å². The van der Waals surface area contributed by atoms with Crippen molar-refractivity contribution in [1.82, 2.24) is 5.32 Å². The smallest absolute Gasteiger partial charge is 0.387 e. The first-order chi connectivity index (χ1) is 8.36. The molecule has 0 aliphatic carbocycles. The van der Waals surface area contributed by atoms with Gasteiger partial charge in [0.1, 0.15) is 0 Å². The normalized spacial score (nSPS) is 12.9. The summed E-state index contributed by atoms with van der Waals surface area (Å²) in [6.07, 6.45) is -7.31. The number of aliphatic hydroxyl groups is 1. The van der Waals surface area contributed by atoms with Crippen molar-refractivity contribution in [3.05, 3.63) is 29.8 Å². The van der Waals surface area contributed by atoms with Gasteiger partial charge < -0.3 is 15.7 Å². The standard InChI is InChI=1S/C11H13F3N2O2/c1-15-8-5-3-2-4-7(8)10(18)16-6-9(17)11(12,13)14/h2-5,9,15,17H,6H2,1H3,(H,16,18). The zero-order valence-corrected chi connectivity index (χ0v) is 9.58. The maximum atomic E-state index is 12.0. The Balaban J connectivity index is 2.66. The summed E-state index contributed by atoms with van der Waals surface area (Å²) in [7, 11) is 1.59. The average Bonchev–Trinajstić information content (AvgIpc) is 2.34. The third kappa shape index (κ3) is 3.63. The highest BCUT2D eigenvalue weighted by molar-refractivity contribution is 5.99. The van der Waals surface area contributed by atoms with Gasteiger partial charge in [0.2, 0.25) is 0 Å². The second-order valence-electron chi connectivity index (χ2n) is 3.56. The molecule has 4 nitrogen and oxygen atoms in total. The van der Waals surface area contributed by atoms with Crippen LogP contribution in [0, 0.1) is 0 Å². The lowest BCUT2D eigenvalue weighted by atomic mass is 10.1. The number of amides is 1. The highest BCUT2D eigenvalue weighted by atomic mass is 19.4. The van der Waals surface area contributed by atoms with E-state index in [0.717, 1.165) is 0 Å². The first-order valence-corrected chi connectivity index (χ1v) is 5.16. The number of hydrogen-bond acceptors (Lipinski definition) is 3. The molecule has 1 rings (SSSR count). The predicted octanol–water partition coefficient (Wildman–Crippen LogP) is 1.38. The van der Waals surface area contributed by atoms with Gasteiger partial charge in [0, 0.05) is 12.7 Å². The number of nitrogens with one attached hydrogen (secondary N) is 2. The maximum absolute atomic E-state index is 12.0. The Kier molecular flexibility index (Phi) is 4.55. The van der Waals surface area contributed by atoms with Crippen LogP contribution in [0.4, 0.5) is 18.9 Å². The van der Waals surface area contributed by atoms with Crippen molar-refractivity contribution < 1.29 is 23.1 Å². The van der Waals surface area contributed by atoms with Crippen LogP contribution >= 0.6 is 0 Å². The monoisotopic (exact) mass is 262 g/mol. The van der Waals surface area contributed by atoms with Gasteiger partial charge in [0.05, 0.1) is 12.1 Å². The van der Waals surface area contributed by atoms with Crippen molar-refractivity contribution in [2.45, 2.75) is 12.3 Å². The molecule has 100 valence electrons. The van der Waals surface area contributed by atoms with Crippen LogP contribution in [0.25, 0.3) is 0 Å². The number of carbonyl (C=O) groups excluding carboxylic acids is 1. The molecular formula is C11H13F3N2O2. The molecule has 1 unspecified atom stereocenters. The van der Waals surface area contributed by atoms with Crippen molar-refractivity contribution in [2.75, 3.05) is 18.9 Å².